The van der Waals surface area contributed by atoms with Crippen LogP contribution in [-0.2, 0) is 4.74 Å². The molecular weight excluding hydrogens is 216 g/mol. The Morgan fingerprint density at radius 1 is 1.24 bits per heavy atom. The quantitative estimate of drug-likeness (QED) is 0.880. The van der Waals surface area contributed by atoms with Gasteiger partial charge in [0.1, 0.15) is 0 Å². The maximum atomic E-state index is 5.33. The smallest absolute Gasteiger partial charge is 0.181 e. The fourth-order valence-corrected chi connectivity index (χ4v) is 1.97. The van der Waals surface area contributed by atoms with Crippen LogP contribution >= 0.6 is 0 Å². The zero-order valence-electron chi connectivity index (χ0n) is 9.43. The van der Waals surface area contributed by atoms with Crippen LogP contribution in [0, 0.1) is 0 Å². The lowest BCUT2D eigenvalue weighted by Gasteiger charge is -2.12. The van der Waals surface area contributed by atoms with Gasteiger partial charge < -0.3 is 14.5 Å². The van der Waals surface area contributed by atoms with E-state index in [1.54, 1.807) is 6.20 Å². The van der Waals surface area contributed by atoms with E-state index in [1.807, 2.05) is 12.1 Å². The van der Waals surface area contributed by atoms with Gasteiger partial charge in [0.05, 0.1) is 18.8 Å². The van der Waals surface area contributed by atoms with Crippen LogP contribution in [-0.4, -0.2) is 24.2 Å². The van der Waals surface area contributed by atoms with Crippen molar-refractivity contribution >= 4 is 5.69 Å². The second-order valence-corrected chi connectivity index (χ2v) is 4.15. The van der Waals surface area contributed by atoms with Crippen LogP contribution in [0.1, 0.15) is 6.42 Å². The number of benzene rings is 1. The summed E-state index contributed by atoms with van der Waals surface area (Å²) >= 11 is 0. The Hall–Kier alpha value is -1.81. The molecule has 17 heavy (non-hydrogen) atoms. The first-order valence-corrected chi connectivity index (χ1v) is 5.75. The number of ether oxygens (including phenoxy) is 1. The predicted octanol–water partition coefficient (Wildman–Crippen LogP) is 2.54. The Bertz CT molecular complexity index is 459. The van der Waals surface area contributed by atoms with Gasteiger partial charge in [0.2, 0.25) is 0 Å². The van der Waals surface area contributed by atoms with E-state index in [2.05, 4.69) is 22.4 Å². The number of hydrogen-bond acceptors (Lipinski definition) is 4. The molecule has 1 saturated heterocycles. The Balaban J connectivity index is 1.71. The summed E-state index contributed by atoms with van der Waals surface area (Å²) in [6.45, 7) is 1.65. The van der Waals surface area contributed by atoms with Gasteiger partial charge in [-0.25, -0.2) is 4.98 Å². The van der Waals surface area contributed by atoms with Gasteiger partial charge in [0.15, 0.2) is 12.2 Å². The maximum Gasteiger partial charge on any atom is 0.181 e. The van der Waals surface area contributed by atoms with Crippen LogP contribution in [0.15, 0.2) is 41.3 Å². The first-order valence-electron chi connectivity index (χ1n) is 5.75. The highest BCUT2D eigenvalue weighted by Gasteiger charge is 2.14. The minimum absolute atomic E-state index is 0.436. The van der Waals surface area contributed by atoms with Crippen molar-refractivity contribution in [2.75, 3.05) is 18.5 Å². The summed E-state index contributed by atoms with van der Waals surface area (Å²) in [7, 11) is 0. The van der Waals surface area contributed by atoms with Crippen molar-refractivity contribution in [3.8, 4) is 11.3 Å². The van der Waals surface area contributed by atoms with E-state index in [9.17, 15) is 0 Å². The standard InChI is InChI=1S/C13H14N2O2/c1-3-11(15-12-5-6-16-8-12)4-2-10(1)13-7-14-9-17-13/h1-4,7,9,12,15H,5-6,8H2. The van der Waals surface area contributed by atoms with Crippen LogP contribution in [0.4, 0.5) is 5.69 Å². The van der Waals surface area contributed by atoms with E-state index in [1.165, 1.54) is 6.39 Å². The molecule has 2 aromatic rings. The lowest BCUT2D eigenvalue weighted by molar-refractivity contribution is 0.195. The Morgan fingerprint density at radius 2 is 2.12 bits per heavy atom. The molecule has 2 heterocycles. The molecule has 0 amide bonds. The lowest BCUT2D eigenvalue weighted by Crippen LogP contribution is -2.18. The minimum atomic E-state index is 0.436. The van der Waals surface area contributed by atoms with Crippen LogP contribution in [0.3, 0.4) is 0 Å². The molecule has 0 bridgehead atoms. The molecule has 88 valence electrons. The van der Waals surface area contributed by atoms with Crippen molar-refractivity contribution in [3.63, 3.8) is 0 Å². The van der Waals surface area contributed by atoms with Crippen molar-refractivity contribution in [2.24, 2.45) is 0 Å². The van der Waals surface area contributed by atoms with Crippen molar-refractivity contribution in [1.29, 1.82) is 0 Å². The second-order valence-electron chi connectivity index (χ2n) is 4.15. The molecule has 1 atom stereocenters. The summed E-state index contributed by atoms with van der Waals surface area (Å²) in [6, 6.07) is 8.59. The Kier molecular flexibility index (Phi) is 2.80. The monoisotopic (exact) mass is 230 g/mol. The van der Waals surface area contributed by atoms with Crippen molar-refractivity contribution < 1.29 is 9.15 Å². The molecule has 0 aliphatic carbocycles. The van der Waals surface area contributed by atoms with Gasteiger partial charge >= 0.3 is 0 Å². The molecule has 3 rings (SSSR count). The highest BCUT2D eigenvalue weighted by Crippen LogP contribution is 2.21. The summed E-state index contributed by atoms with van der Waals surface area (Å²) < 4.78 is 10.6. The summed E-state index contributed by atoms with van der Waals surface area (Å²) in [4.78, 5) is 3.91. The number of oxazole rings is 1. The van der Waals surface area contributed by atoms with Gasteiger partial charge in [0.25, 0.3) is 0 Å². The fraction of sp³-hybridized carbons (Fsp3) is 0.308. The molecule has 0 saturated carbocycles. The van der Waals surface area contributed by atoms with E-state index in [-0.39, 0.29) is 0 Å². The molecule has 1 aliphatic rings. The first-order chi connectivity index (χ1) is 8.42. The number of hydrogen-bond donors (Lipinski definition) is 1. The van der Waals surface area contributed by atoms with Gasteiger partial charge in [-0.2, -0.15) is 0 Å². The molecule has 1 fully saturated rings. The molecule has 1 aromatic carbocycles. The van der Waals surface area contributed by atoms with E-state index < -0.39 is 0 Å². The number of rotatable bonds is 3. The van der Waals surface area contributed by atoms with Crippen LogP contribution in [0.2, 0.25) is 0 Å². The maximum absolute atomic E-state index is 5.33. The highest BCUT2D eigenvalue weighted by molar-refractivity contribution is 5.60. The van der Waals surface area contributed by atoms with Gasteiger partial charge in [-0.05, 0) is 30.7 Å². The van der Waals surface area contributed by atoms with Gasteiger partial charge in [-0.3, -0.25) is 0 Å². The second kappa shape index (κ2) is 4.59. The zero-order valence-corrected chi connectivity index (χ0v) is 9.43. The molecule has 0 radical (unpaired) electrons. The summed E-state index contributed by atoms with van der Waals surface area (Å²) in [5.41, 5.74) is 2.15. The van der Waals surface area contributed by atoms with Crippen LogP contribution < -0.4 is 5.32 Å². The molecule has 4 nitrogen and oxygen atoms in total. The van der Waals surface area contributed by atoms with Gasteiger partial charge in [0, 0.05) is 17.9 Å². The Labute approximate surface area is 99.6 Å². The average molecular weight is 230 g/mol. The van der Waals surface area contributed by atoms with Crippen molar-refractivity contribution in [2.45, 2.75) is 12.5 Å². The molecule has 0 spiro atoms. The fourth-order valence-electron chi connectivity index (χ4n) is 1.97. The SMILES string of the molecule is c1ncc(-c2ccc(NC3CCOC3)cc2)o1. The normalized spacial score (nSPS) is 19.4. The largest absolute Gasteiger partial charge is 0.444 e. The molecule has 1 aliphatic heterocycles. The van der Waals surface area contributed by atoms with E-state index in [0.717, 1.165) is 36.6 Å². The highest BCUT2D eigenvalue weighted by atomic mass is 16.5. The van der Waals surface area contributed by atoms with Crippen molar-refractivity contribution in [1.82, 2.24) is 4.98 Å². The first kappa shape index (κ1) is 10.4. The molecule has 4 heteroatoms. The number of anilines is 1. The lowest BCUT2D eigenvalue weighted by atomic mass is 10.1. The van der Waals surface area contributed by atoms with Crippen molar-refractivity contribution in [3.05, 3.63) is 36.9 Å². The van der Waals surface area contributed by atoms with Gasteiger partial charge in [-0.1, -0.05) is 0 Å². The number of nitrogens with one attached hydrogen (secondary N) is 1. The number of nitrogens with zero attached hydrogens (tertiary/aromatic N) is 1. The molecule has 1 aromatic heterocycles. The minimum Gasteiger partial charge on any atom is -0.444 e. The Morgan fingerprint density at radius 3 is 2.76 bits per heavy atom. The topological polar surface area (TPSA) is 47.3 Å². The third-order valence-corrected chi connectivity index (χ3v) is 2.90. The molecular formula is C13H14N2O2. The summed E-state index contributed by atoms with van der Waals surface area (Å²) in [5.74, 6) is 0.792. The van der Waals surface area contributed by atoms with E-state index >= 15 is 0 Å². The van der Waals surface area contributed by atoms with Gasteiger partial charge in [-0.15, -0.1) is 0 Å². The summed E-state index contributed by atoms with van der Waals surface area (Å²) in [6.07, 6.45) is 4.23. The zero-order chi connectivity index (χ0) is 11.5. The van der Waals surface area contributed by atoms with E-state index in [4.69, 9.17) is 9.15 Å². The predicted molar refractivity (Wildman–Crippen MR) is 64.8 cm³/mol. The summed E-state index contributed by atoms with van der Waals surface area (Å²) in [5, 5.41) is 3.44. The molecule has 1 N–H and O–H groups in total. The van der Waals surface area contributed by atoms with Crippen LogP contribution in [0.25, 0.3) is 11.3 Å². The van der Waals surface area contributed by atoms with Crippen LogP contribution in [0.5, 0.6) is 0 Å². The third-order valence-electron chi connectivity index (χ3n) is 2.90. The molecule has 1 unspecified atom stereocenters. The number of aromatic nitrogens is 1. The average Bonchev–Trinajstić information content (AvgIpc) is 3.01. The third kappa shape index (κ3) is 2.31. The van der Waals surface area contributed by atoms with E-state index in [0.29, 0.717) is 6.04 Å².